The molecular weight excluding hydrogens is 296 g/mol. The van der Waals surface area contributed by atoms with Crippen LogP contribution in [0.2, 0.25) is 0 Å². The van der Waals surface area contributed by atoms with Gasteiger partial charge in [0.1, 0.15) is 0 Å². The van der Waals surface area contributed by atoms with Crippen molar-refractivity contribution in [2.24, 2.45) is 0 Å². The average Bonchev–Trinajstić information content (AvgIpc) is 2.62. The molecule has 0 aliphatic carbocycles. The van der Waals surface area contributed by atoms with Gasteiger partial charge in [0.15, 0.2) is 0 Å². The molecule has 126 valence electrons. The first-order valence-corrected chi connectivity index (χ1v) is 8.95. The van der Waals surface area contributed by atoms with Crippen LogP contribution in [-0.4, -0.2) is 23.9 Å². The molecule has 1 aliphatic rings. The second-order valence-corrected chi connectivity index (χ2v) is 6.57. The number of likely N-dealkylation sites (tertiary alicyclic amines) is 1. The zero-order valence-corrected chi connectivity index (χ0v) is 14.2. The topological polar surface area (TPSA) is 32.3 Å². The number of carbonyl (C=O) groups excluding carboxylic acids is 1. The minimum absolute atomic E-state index is 0.0778. The highest BCUT2D eigenvalue weighted by molar-refractivity contribution is 5.90. The van der Waals surface area contributed by atoms with Gasteiger partial charge in [-0.2, -0.15) is 0 Å². The number of hydrogen-bond donors (Lipinski definition) is 1. The molecule has 1 amide bonds. The van der Waals surface area contributed by atoms with Crippen LogP contribution in [0.4, 0.5) is 5.69 Å². The largest absolute Gasteiger partial charge is 0.326 e. The lowest BCUT2D eigenvalue weighted by Crippen LogP contribution is -2.29. The molecule has 1 N–H and O–H groups in total. The summed E-state index contributed by atoms with van der Waals surface area (Å²) < 4.78 is 0. The molecule has 1 saturated heterocycles. The summed E-state index contributed by atoms with van der Waals surface area (Å²) in [6.07, 6.45) is 5.25. The summed E-state index contributed by atoms with van der Waals surface area (Å²) in [5, 5.41) is 3.03. The van der Waals surface area contributed by atoms with Gasteiger partial charge in [-0.15, -0.1) is 0 Å². The lowest BCUT2D eigenvalue weighted by atomic mass is 10.1. The molecule has 24 heavy (non-hydrogen) atoms. The van der Waals surface area contributed by atoms with E-state index in [9.17, 15) is 4.79 Å². The van der Waals surface area contributed by atoms with Crippen molar-refractivity contribution in [1.29, 1.82) is 0 Å². The van der Waals surface area contributed by atoms with Crippen molar-refractivity contribution in [3.8, 4) is 0 Å². The van der Waals surface area contributed by atoms with E-state index in [1.807, 2.05) is 30.3 Å². The van der Waals surface area contributed by atoms with E-state index in [0.29, 0.717) is 6.42 Å². The fraction of sp³-hybridized carbons (Fsp3) is 0.381. The van der Waals surface area contributed by atoms with Crippen LogP contribution in [0.25, 0.3) is 0 Å². The second kappa shape index (κ2) is 8.65. The third kappa shape index (κ3) is 5.20. The monoisotopic (exact) mass is 322 g/mol. The van der Waals surface area contributed by atoms with Crippen LogP contribution in [0, 0.1) is 0 Å². The molecule has 3 nitrogen and oxygen atoms in total. The van der Waals surface area contributed by atoms with E-state index >= 15 is 0 Å². The van der Waals surface area contributed by atoms with Gasteiger partial charge in [0.25, 0.3) is 0 Å². The van der Waals surface area contributed by atoms with Crippen LogP contribution in [-0.2, 0) is 17.8 Å². The zero-order valence-electron chi connectivity index (χ0n) is 14.2. The maximum absolute atomic E-state index is 12.2. The molecule has 2 aromatic rings. The van der Waals surface area contributed by atoms with E-state index < -0.39 is 0 Å². The maximum Gasteiger partial charge on any atom is 0.224 e. The first kappa shape index (κ1) is 16.7. The molecule has 2 aromatic carbocycles. The number of carbonyl (C=O) groups is 1. The van der Waals surface area contributed by atoms with Gasteiger partial charge in [0.05, 0.1) is 0 Å². The normalized spacial score (nSPS) is 15.2. The highest BCUT2D eigenvalue weighted by Gasteiger charge is 2.11. The number of nitrogens with one attached hydrogen (secondary N) is 1. The molecule has 1 heterocycles. The Balaban J connectivity index is 1.51. The summed E-state index contributed by atoms with van der Waals surface area (Å²) in [4.78, 5) is 14.7. The number of benzene rings is 2. The molecule has 0 atom stereocenters. The average molecular weight is 322 g/mol. The summed E-state index contributed by atoms with van der Waals surface area (Å²) in [7, 11) is 0. The van der Waals surface area contributed by atoms with Gasteiger partial charge in [0.2, 0.25) is 5.91 Å². The van der Waals surface area contributed by atoms with Crippen LogP contribution < -0.4 is 5.32 Å². The Morgan fingerprint density at radius 2 is 1.67 bits per heavy atom. The van der Waals surface area contributed by atoms with Gasteiger partial charge >= 0.3 is 0 Å². The van der Waals surface area contributed by atoms with Crippen LogP contribution in [0.1, 0.15) is 36.8 Å². The lowest BCUT2D eigenvalue weighted by molar-refractivity contribution is -0.116. The smallest absolute Gasteiger partial charge is 0.224 e. The van der Waals surface area contributed by atoms with E-state index in [-0.39, 0.29) is 5.91 Å². The fourth-order valence-corrected chi connectivity index (χ4v) is 3.25. The number of rotatable bonds is 6. The third-order valence-corrected chi connectivity index (χ3v) is 4.55. The van der Waals surface area contributed by atoms with Gasteiger partial charge < -0.3 is 5.32 Å². The number of nitrogens with zero attached hydrogens (tertiary/aromatic N) is 1. The Morgan fingerprint density at radius 3 is 2.46 bits per heavy atom. The minimum Gasteiger partial charge on any atom is -0.326 e. The number of hydrogen-bond acceptors (Lipinski definition) is 2. The summed E-state index contributed by atoms with van der Waals surface area (Å²) in [5.41, 5.74) is 3.38. The summed E-state index contributed by atoms with van der Waals surface area (Å²) in [6.45, 7) is 3.36. The third-order valence-electron chi connectivity index (χ3n) is 4.55. The predicted molar refractivity (Wildman–Crippen MR) is 99.0 cm³/mol. The molecular formula is C21H26N2O. The minimum atomic E-state index is 0.0778. The number of piperidine rings is 1. The molecule has 1 aliphatic heterocycles. The first-order chi connectivity index (χ1) is 11.8. The van der Waals surface area contributed by atoms with E-state index in [2.05, 4.69) is 34.5 Å². The Kier molecular flexibility index (Phi) is 6.02. The maximum atomic E-state index is 12.2. The highest BCUT2D eigenvalue weighted by atomic mass is 16.1. The van der Waals surface area contributed by atoms with E-state index in [4.69, 9.17) is 0 Å². The Morgan fingerprint density at radius 1 is 0.917 bits per heavy atom. The molecule has 0 aromatic heterocycles. The molecule has 0 radical (unpaired) electrons. The molecule has 3 heteroatoms. The van der Waals surface area contributed by atoms with E-state index in [1.54, 1.807) is 0 Å². The van der Waals surface area contributed by atoms with Crippen molar-refractivity contribution in [2.45, 2.75) is 38.6 Å². The van der Waals surface area contributed by atoms with Crippen molar-refractivity contribution in [2.75, 3.05) is 18.4 Å². The quantitative estimate of drug-likeness (QED) is 0.862. The van der Waals surface area contributed by atoms with Crippen molar-refractivity contribution in [3.05, 3.63) is 65.7 Å². The Hall–Kier alpha value is -2.13. The summed E-state index contributed by atoms with van der Waals surface area (Å²) >= 11 is 0. The summed E-state index contributed by atoms with van der Waals surface area (Å²) in [5.74, 6) is 0.0778. The van der Waals surface area contributed by atoms with E-state index in [0.717, 1.165) is 18.7 Å². The van der Waals surface area contributed by atoms with Crippen LogP contribution in [0.15, 0.2) is 54.6 Å². The van der Waals surface area contributed by atoms with Gasteiger partial charge in [-0.05, 0) is 55.6 Å². The molecule has 0 saturated carbocycles. The molecule has 0 unspecified atom stereocenters. The molecule has 1 fully saturated rings. The van der Waals surface area contributed by atoms with Gasteiger partial charge in [-0.25, -0.2) is 0 Å². The Bertz CT molecular complexity index is 648. The highest BCUT2D eigenvalue weighted by Crippen LogP contribution is 2.16. The lowest BCUT2D eigenvalue weighted by Gasteiger charge is -2.26. The number of amides is 1. The first-order valence-electron chi connectivity index (χ1n) is 8.95. The van der Waals surface area contributed by atoms with Gasteiger partial charge in [-0.3, -0.25) is 9.69 Å². The van der Waals surface area contributed by atoms with Crippen molar-refractivity contribution in [3.63, 3.8) is 0 Å². The fourth-order valence-electron chi connectivity index (χ4n) is 3.25. The SMILES string of the molecule is O=C(CCc1ccccc1)Nc1cccc(CN2CCCCC2)c1. The summed E-state index contributed by atoms with van der Waals surface area (Å²) in [6, 6.07) is 18.4. The number of anilines is 1. The van der Waals surface area contributed by atoms with Crippen molar-refractivity contribution in [1.82, 2.24) is 4.90 Å². The molecule has 3 rings (SSSR count). The number of aryl methyl sites for hydroxylation is 1. The molecule has 0 bridgehead atoms. The van der Waals surface area contributed by atoms with Gasteiger partial charge in [0, 0.05) is 18.7 Å². The predicted octanol–water partition coefficient (Wildman–Crippen LogP) is 4.24. The van der Waals surface area contributed by atoms with Crippen LogP contribution in [0.5, 0.6) is 0 Å². The molecule has 0 spiro atoms. The van der Waals surface area contributed by atoms with E-state index in [1.165, 1.54) is 43.5 Å². The van der Waals surface area contributed by atoms with Gasteiger partial charge in [-0.1, -0.05) is 48.9 Å². The van der Waals surface area contributed by atoms with Crippen LogP contribution in [0.3, 0.4) is 0 Å². The van der Waals surface area contributed by atoms with Crippen molar-refractivity contribution < 1.29 is 4.79 Å². The van der Waals surface area contributed by atoms with Crippen molar-refractivity contribution >= 4 is 11.6 Å². The Labute approximate surface area is 144 Å². The van der Waals surface area contributed by atoms with Crippen LogP contribution >= 0.6 is 0 Å². The standard InChI is InChI=1S/C21H26N2O/c24-21(13-12-18-8-3-1-4-9-18)22-20-11-7-10-19(16-20)17-23-14-5-2-6-15-23/h1,3-4,7-11,16H,2,5-6,12-15,17H2,(H,22,24). The second-order valence-electron chi connectivity index (χ2n) is 6.57. The zero-order chi connectivity index (χ0) is 16.6.